The molecule has 0 spiro atoms. The number of hydrogen-bond acceptors (Lipinski definition) is 1. The predicted octanol–water partition coefficient (Wildman–Crippen LogP) is 7.69. The molecule has 0 N–H and O–H groups in total. The monoisotopic (exact) mass is 413 g/mol. The van der Waals surface area contributed by atoms with E-state index in [-0.39, 0.29) is 0 Å². The van der Waals surface area contributed by atoms with Crippen LogP contribution in [-0.2, 0) is 12.8 Å². The molecule has 2 heteroatoms. The number of hydrogen-bond donors (Lipinski definition) is 0. The molecular formula is C30H23NO. The molecule has 0 saturated heterocycles. The van der Waals surface area contributed by atoms with E-state index in [0.717, 1.165) is 30.4 Å². The topological polar surface area (TPSA) is 18.1 Å². The van der Waals surface area contributed by atoms with E-state index in [1.165, 1.54) is 44.5 Å². The number of fused-ring (bicyclic) bond motifs is 6. The quantitative estimate of drug-likeness (QED) is 0.290. The molecule has 3 aromatic carbocycles. The molecule has 0 radical (unpaired) electrons. The Bertz CT molecular complexity index is 1540. The maximum absolute atomic E-state index is 6.05. The standard InChI is InChI=1S/C30H23NO/c1-2-8-22(9-3-1)31-27-12-6-4-10-23(27)25-18-20(14-16-28(25)31)21-15-17-30-26(19-21)24-11-5-7-13-29(24)32-30/h1-3,5-9,11-17,19-20H,4,10,18H2. The molecular weight excluding hydrogens is 390 g/mol. The van der Waals surface area contributed by atoms with Crippen molar-refractivity contribution >= 4 is 34.1 Å². The highest BCUT2D eigenvalue weighted by molar-refractivity contribution is 6.05. The second-order valence-corrected chi connectivity index (χ2v) is 8.86. The molecule has 0 bridgehead atoms. The first-order valence-corrected chi connectivity index (χ1v) is 11.4. The van der Waals surface area contributed by atoms with Gasteiger partial charge in [-0.15, -0.1) is 0 Å². The summed E-state index contributed by atoms with van der Waals surface area (Å²) >= 11 is 0. The van der Waals surface area contributed by atoms with E-state index in [2.05, 4.69) is 89.5 Å². The fourth-order valence-corrected chi connectivity index (χ4v) is 5.54. The van der Waals surface area contributed by atoms with Crippen molar-refractivity contribution in [3.63, 3.8) is 0 Å². The first-order chi connectivity index (χ1) is 15.9. The fraction of sp³-hybridized carbons (Fsp3) is 0.133. The Morgan fingerprint density at radius 2 is 1.56 bits per heavy atom. The Morgan fingerprint density at radius 3 is 2.50 bits per heavy atom. The molecule has 2 aliphatic carbocycles. The molecule has 0 saturated carbocycles. The zero-order valence-corrected chi connectivity index (χ0v) is 17.8. The number of allylic oxidation sites excluding steroid dienone is 2. The van der Waals surface area contributed by atoms with E-state index in [0.29, 0.717) is 5.92 Å². The minimum atomic E-state index is 0.377. The lowest BCUT2D eigenvalue weighted by molar-refractivity contribution is 0.668. The summed E-state index contributed by atoms with van der Waals surface area (Å²) in [6, 6.07) is 25.8. The van der Waals surface area contributed by atoms with Crippen LogP contribution in [0.3, 0.4) is 0 Å². The molecule has 0 fully saturated rings. The summed E-state index contributed by atoms with van der Waals surface area (Å²) in [5, 5.41) is 2.41. The zero-order valence-electron chi connectivity index (χ0n) is 17.8. The van der Waals surface area contributed by atoms with Gasteiger partial charge in [0.05, 0.1) is 0 Å². The lowest BCUT2D eigenvalue weighted by Crippen LogP contribution is -2.08. The van der Waals surface area contributed by atoms with Crippen molar-refractivity contribution in [2.45, 2.75) is 25.2 Å². The van der Waals surface area contributed by atoms with Gasteiger partial charge in [-0.05, 0) is 78.4 Å². The van der Waals surface area contributed by atoms with Crippen LogP contribution in [0, 0.1) is 0 Å². The van der Waals surface area contributed by atoms with Crippen LogP contribution in [0.5, 0.6) is 0 Å². The van der Waals surface area contributed by atoms with Crippen LogP contribution < -0.4 is 0 Å². The lowest BCUT2D eigenvalue weighted by atomic mass is 9.84. The highest BCUT2D eigenvalue weighted by Gasteiger charge is 2.27. The summed E-state index contributed by atoms with van der Waals surface area (Å²) < 4.78 is 8.49. The largest absolute Gasteiger partial charge is 0.456 e. The Balaban J connectivity index is 1.35. The average Bonchev–Trinajstić information content (AvgIpc) is 3.39. The van der Waals surface area contributed by atoms with Crippen LogP contribution in [-0.4, -0.2) is 4.57 Å². The lowest BCUT2D eigenvalue weighted by Gasteiger charge is -2.20. The normalized spacial score (nSPS) is 17.1. The van der Waals surface area contributed by atoms with Crippen molar-refractivity contribution in [2.75, 3.05) is 0 Å². The number of benzene rings is 3. The van der Waals surface area contributed by atoms with Gasteiger partial charge < -0.3 is 8.98 Å². The van der Waals surface area contributed by atoms with E-state index < -0.39 is 0 Å². The molecule has 0 aliphatic heterocycles. The molecule has 2 heterocycles. The van der Waals surface area contributed by atoms with Gasteiger partial charge in [0.1, 0.15) is 11.2 Å². The van der Waals surface area contributed by atoms with Crippen LogP contribution in [0.15, 0.2) is 89.4 Å². The second kappa shape index (κ2) is 6.86. The van der Waals surface area contributed by atoms with Crippen molar-refractivity contribution in [1.29, 1.82) is 0 Å². The van der Waals surface area contributed by atoms with Crippen molar-refractivity contribution in [1.82, 2.24) is 4.57 Å². The molecule has 0 amide bonds. The number of rotatable bonds is 2. The zero-order chi connectivity index (χ0) is 21.1. The van der Waals surface area contributed by atoms with E-state index >= 15 is 0 Å². The third-order valence-corrected chi connectivity index (χ3v) is 7.05. The van der Waals surface area contributed by atoms with Crippen molar-refractivity contribution < 1.29 is 4.42 Å². The number of aromatic nitrogens is 1. The van der Waals surface area contributed by atoms with Gasteiger partial charge in [-0.2, -0.15) is 0 Å². The summed E-state index contributed by atoms with van der Waals surface area (Å²) in [7, 11) is 0. The highest BCUT2D eigenvalue weighted by atomic mass is 16.3. The first-order valence-electron chi connectivity index (χ1n) is 11.4. The smallest absolute Gasteiger partial charge is 0.135 e. The predicted molar refractivity (Wildman–Crippen MR) is 132 cm³/mol. The molecule has 2 aliphatic rings. The first kappa shape index (κ1) is 17.9. The number of para-hydroxylation sites is 2. The summed E-state index contributed by atoms with van der Waals surface area (Å²) in [4.78, 5) is 0. The Kier molecular flexibility index (Phi) is 3.83. The van der Waals surface area contributed by atoms with Crippen molar-refractivity contribution in [2.24, 2.45) is 0 Å². The van der Waals surface area contributed by atoms with E-state index in [1.54, 1.807) is 0 Å². The third kappa shape index (κ3) is 2.59. The Labute approximate surface area is 187 Å². The maximum Gasteiger partial charge on any atom is 0.135 e. The molecule has 2 nitrogen and oxygen atoms in total. The van der Waals surface area contributed by atoms with Crippen molar-refractivity contribution in [3.8, 4) is 5.69 Å². The van der Waals surface area contributed by atoms with Crippen LogP contribution in [0.4, 0.5) is 0 Å². The van der Waals surface area contributed by atoms with Gasteiger partial charge in [-0.3, -0.25) is 0 Å². The van der Waals surface area contributed by atoms with Gasteiger partial charge in [-0.25, -0.2) is 0 Å². The van der Waals surface area contributed by atoms with Gasteiger partial charge in [-0.1, -0.05) is 54.6 Å². The van der Waals surface area contributed by atoms with E-state index in [4.69, 9.17) is 4.42 Å². The van der Waals surface area contributed by atoms with Gasteiger partial charge in [0.2, 0.25) is 0 Å². The molecule has 1 atom stereocenters. The van der Waals surface area contributed by atoms with Crippen LogP contribution in [0.1, 0.15) is 40.4 Å². The minimum absolute atomic E-state index is 0.377. The number of nitrogens with zero attached hydrogens (tertiary/aromatic N) is 1. The Morgan fingerprint density at radius 1 is 0.750 bits per heavy atom. The summed E-state index contributed by atoms with van der Waals surface area (Å²) in [5.74, 6) is 0.377. The average molecular weight is 414 g/mol. The number of furan rings is 1. The SMILES string of the molecule is C1=Cc2c(c3c(n2-c2ccccc2)C=CC(c2ccc4oc5ccccc5c4c2)C3)CC1. The van der Waals surface area contributed by atoms with Crippen LogP contribution in [0.25, 0.3) is 39.8 Å². The Hall–Kier alpha value is -3.78. The summed E-state index contributed by atoms with van der Waals surface area (Å²) in [6.07, 6.45) is 12.7. The molecule has 154 valence electrons. The fourth-order valence-electron chi connectivity index (χ4n) is 5.54. The summed E-state index contributed by atoms with van der Waals surface area (Å²) in [6.45, 7) is 0. The van der Waals surface area contributed by atoms with Gasteiger partial charge in [0.15, 0.2) is 0 Å². The molecule has 1 unspecified atom stereocenters. The summed E-state index contributed by atoms with van der Waals surface area (Å²) in [5.41, 5.74) is 10.3. The molecule has 7 rings (SSSR count). The highest BCUT2D eigenvalue weighted by Crippen LogP contribution is 2.40. The van der Waals surface area contributed by atoms with Gasteiger partial charge >= 0.3 is 0 Å². The van der Waals surface area contributed by atoms with Gasteiger partial charge in [0, 0.05) is 33.8 Å². The maximum atomic E-state index is 6.05. The van der Waals surface area contributed by atoms with Crippen molar-refractivity contribution in [3.05, 3.63) is 113 Å². The van der Waals surface area contributed by atoms with E-state index in [9.17, 15) is 0 Å². The molecule has 32 heavy (non-hydrogen) atoms. The van der Waals surface area contributed by atoms with Gasteiger partial charge in [0.25, 0.3) is 0 Å². The van der Waals surface area contributed by atoms with Crippen LogP contribution >= 0.6 is 0 Å². The molecule has 2 aromatic heterocycles. The van der Waals surface area contributed by atoms with E-state index in [1.807, 2.05) is 12.1 Å². The molecule has 5 aromatic rings. The minimum Gasteiger partial charge on any atom is -0.456 e. The van der Waals surface area contributed by atoms with Crippen LogP contribution in [0.2, 0.25) is 0 Å². The second-order valence-electron chi connectivity index (χ2n) is 8.86. The third-order valence-electron chi connectivity index (χ3n) is 7.05.